The molecule has 0 spiro atoms. The Balaban J connectivity index is 2.42. The highest BCUT2D eigenvalue weighted by Gasteiger charge is 2.05. The van der Waals surface area contributed by atoms with Crippen LogP contribution in [0.3, 0.4) is 0 Å². The molecule has 0 aromatic heterocycles. The molecule has 0 atom stereocenters. The summed E-state index contributed by atoms with van der Waals surface area (Å²) < 4.78 is 1.08. The molecule has 0 unspecified atom stereocenters. The number of amides is 1. The molecule has 0 aliphatic heterocycles. The van der Waals surface area contributed by atoms with Gasteiger partial charge in [0.2, 0.25) is 6.41 Å². The van der Waals surface area contributed by atoms with E-state index in [0.717, 1.165) is 20.9 Å². The number of benzene rings is 3. The molecule has 0 aliphatic rings. The normalized spacial score (nSPS) is 10.7. The molecule has 0 radical (unpaired) electrons. The maximum Gasteiger partial charge on any atom is 0.211 e. The number of anilines is 1. The molecular formula is C15H10BrNO. The molecule has 0 saturated carbocycles. The first-order valence-corrected chi connectivity index (χ1v) is 6.40. The van der Waals surface area contributed by atoms with Crippen molar-refractivity contribution in [3.8, 4) is 0 Å². The fourth-order valence-corrected chi connectivity index (χ4v) is 2.81. The number of hydrogen-bond acceptors (Lipinski definition) is 1. The van der Waals surface area contributed by atoms with Crippen LogP contribution in [0.25, 0.3) is 21.5 Å². The second-order valence-electron chi connectivity index (χ2n) is 4.10. The van der Waals surface area contributed by atoms with E-state index in [1.54, 1.807) is 0 Å². The fraction of sp³-hybridized carbons (Fsp3) is 0. The summed E-state index contributed by atoms with van der Waals surface area (Å²) in [5, 5.41) is 7.33. The molecule has 0 aliphatic carbocycles. The predicted octanol–water partition coefficient (Wildman–Crippen LogP) is 4.32. The molecule has 0 saturated heterocycles. The van der Waals surface area contributed by atoms with Gasteiger partial charge in [-0.3, -0.25) is 4.79 Å². The van der Waals surface area contributed by atoms with Crippen LogP contribution in [0.15, 0.2) is 53.0 Å². The van der Waals surface area contributed by atoms with Crippen LogP contribution in [0, 0.1) is 0 Å². The quantitative estimate of drug-likeness (QED) is 0.554. The van der Waals surface area contributed by atoms with Gasteiger partial charge in [0.1, 0.15) is 0 Å². The third kappa shape index (κ3) is 1.77. The highest BCUT2D eigenvalue weighted by molar-refractivity contribution is 9.10. The summed E-state index contributed by atoms with van der Waals surface area (Å²) in [5.41, 5.74) is 0.810. The molecule has 3 aromatic carbocycles. The van der Waals surface area contributed by atoms with Gasteiger partial charge in [0.05, 0.1) is 0 Å². The van der Waals surface area contributed by atoms with E-state index in [-0.39, 0.29) is 0 Å². The molecule has 2 nitrogen and oxygen atoms in total. The summed E-state index contributed by atoms with van der Waals surface area (Å²) in [6.45, 7) is 0. The first-order chi connectivity index (χ1) is 8.79. The molecule has 3 heteroatoms. The van der Waals surface area contributed by atoms with Gasteiger partial charge in [-0.1, -0.05) is 46.3 Å². The summed E-state index contributed by atoms with van der Waals surface area (Å²) in [4.78, 5) is 10.5. The summed E-state index contributed by atoms with van der Waals surface area (Å²) >= 11 is 3.60. The van der Waals surface area contributed by atoms with Crippen molar-refractivity contribution in [3.63, 3.8) is 0 Å². The van der Waals surface area contributed by atoms with Crippen LogP contribution in [-0.4, -0.2) is 6.41 Å². The van der Waals surface area contributed by atoms with Gasteiger partial charge < -0.3 is 5.32 Å². The van der Waals surface area contributed by atoms with Crippen LogP contribution in [0.1, 0.15) is 0 Å². The minimum Gasteiger partial charge on any atom is -0.329 e. The first kappa shape index (κ1) is 11.2. The zero-order chi connectivity index (χ0) is 12.5. The number of nitrogens with one attached hydrogen (secondary N) is 1. The van der Waals surface area contributed by atoms with E-state index in [4.69, 9.17) is 0 Å². The summed E-state index contributed by atoms with van der Waals surface area (Å²) in [5.74, 6) is 0. The molecule has 18 heavy (non-hydrogen) atoms. The zero-order valence-electron chi connectivity index (χ0n) is 9.48. The van der Waals surface area contributed by atoms with E-state index >= 15 is 0 Å². The Bertz CT molecular complexity index is 752. The fourth-order valence-electron chi connectivity index (χ4n) is 2.21. The van der Waals surface area contributed by atoms with Crippen molar-refractivity contribution in [1.29, 1.82) is 0 Å². The van der Waals surface area contributed by atoms with E-state index in [9.17, 15) is 4.79 Å². The molecule has 1 N–H and O–H groups in total. The Hall–Kier alpha value is -1.87. The molecule has 88 valence electrons. The maximum atomic E-state index is 10.5. The molecule has 0 fully saturated rings. The van der Waals surface area contributed by atoms with Gasteiger partial charge in [0, 0.05) is 10.2 Å². The van der Waals surface area contributed by atoms with Gasteiger partial charge >= 0.3 is 0 Å². The summed E-state index contributed by atoms with van der Waals surface area (Å²) in [6.07, 6.45) is 0.697. The molecular weight excluding hydrogens is 290 g/mol. The average Bonchev–Trinajstić information content (AvgIpc) is 2.40. The van der Waals surface area contributed by atoms with E-state index in [1.165, 1.54) is 10.8 Å². The first-order valence-electron chi connectivity index (χ1n) is 5.61. The number of carbonyl (C=O) groups is 1. The molecule has 0 heterocycles. The largest absolute Gasteiger partial charge is 0.329 e. The van der Waals surface area contributed by atoms with Crippen LogP contribution >= 0.6 is 15.9 Å². The van der Waals surface area contributed by atoms with Crippen molar-refractivity contribution in [1.82, 2.24) is 0 Å². The predicted molar refractivity (Wildman–Crippen MR) is 78.8 cm³/mol. The Labute approximate surface area is 113 Å². The van der Waals surface area contributed by atoms with E-state index in [2.05, 4.69) is 39.4 Å². The monoisotopic (exact) mass is 299 g/mol. The molecule has 0 bridgehead atoms. The van der Waals surface area contributed by atoms with Crippen molar-refractivity contribution in [2.75, 3.05) is 5.32 Å². The summed E-state index contributed by atoms with van der Waals surface area (Å²) in [7, 11) is 0. The minimum absolute atomic E-state index is 0.697. The Morgan fingerprint density at radius 1 is 0.944 bits per heavy atom. The van der Waals surface area contributed by atoms with Crippen molar-refractivity contribution in [2.45, 2.75) is 0 Å². The van der Waals surface area contributed by atoms with Crippen molar-refractivity contribution >= 4 is 49.6 Å². The third-order valence-electron chi connectivity index (χ3n) is 3.04. The van der Waals surface area contributed by atoms with Gasteiger partial charge in [-0.15, -0.1) is 0 Å². The lowest BCUT2D eigenvalue weighted by atomic mass is 10.0. The highest BCUT2D eigenvalue weighted by Crippen LogP contribution is 2.33. The SMILES string of the molecule is O=CNc1ccc2cc(Br)c3ccccc3c2c1. The van der Waals surface area contributed by atoms with Crippen molar-refractivity contribution in [2.24, 2.45) is 0 Å². The van der Waals surface area contributed by atoms with Crippen molar-refractivity contribution in [3.05, 3.63) is 53.0 Å². The molecule has 1 amide bonds. The molecule has 3 rings (SSSR count). The van der Waals surface area contributed by atoms with Gasteiger partial charge in [0.25, 0.3) is 0 Å². The van der Waals surface area contributed by atoms with Crippen LogP contribution < -0.4 is 5.32 Å². The Morgan fingerprint density at radius 3 is 2.50 bits per heavy atom. The number of fused-ring (bicyclic) bond motifs is 3. The zero-order valence-corrected chi connectivity index (χ0v) is 11.1. The lowest BCUT2D eigenvalue weighted by molar-refractivity contribution is -0.105. The highest BCUT2D eigenvalue weighted by atomic mass is 79.9. The van der Waals surface area contributed by atoms with Crippen LogP contribution in [0.5, 0.6) is 0 Å². The van der Waals surface area contributed by atoms with Crippen molar-refractivity contribution < 1.29 is 4.79 Å². The topological polar surface area (TPSA) is 29.1 Å². The standard InChI is InChI=1S/C15H10BrNO/c16-15-7-10-5-6-11(17-9-18)8-14(10)12-3-1-2-4-13(12)15/h1-9H,(H,17,18). The number of hydrogen-bond donors (Lipinski definition) is 1. The van der Waals surface area contributed by atoms with Gasteiger partial charge in [0.15, 0.2) is 0 Å². The Kier molecular flexibility index (Phi) is 2.76. The van der Waals surface area contributed by atoms with E-state index in [1.807, 2.05) is 30.3 Å². The van der Waals surface area contributed by atoms with Crippen LogP contribution in [-0.2, 0) is 4.79 Å². The Morgan fingerprint density at radius 2 is 1.72 bits per heavy atom. The maximum absolute atomic E-state index is 10.5. The lowest BCUT2D eigenvalue weighted by Crippen LogP contribution is -1.93. The minimum atomic E-state index is 0.697. The van der Waals surface area contributed by atoms with Gasteiger partial charge in [-0.05, 0) is 39.7 Å². The smallest absolute Gasteiger partial charge is 0.211 e. The number of halogens is 1. The number of rotatable bonds is 2. The summed E-state index contributed by atoms with van der Waals surface area (Å²) in [6, 6.07) is 16.2. The van der Waals surface area contributed by atoms with Crippen LogP contribution in [0.2, 0.25) is 0 Å². The average molecular weight is 300 g/mol. The second-order valence-corrected chi connectivity index (χ2v) is 4.96. The van der Waals surface area contributed by atoms with Gasteiger partial charge in [-0.2, -0.15) is 0 Å². The van der Waals surface area contributed by atoms with E-state index < -0.39 is 0 Å². The van der Waals surface area contributed by atoms with Crippen LogP contribution in [0.4, 0.5) is 5.69 Å². The third-order valence-corrected chi connectivity index (χ3v) is 3.69. The van der Waals surface area contributed by atoms with Gasteiger partial charge in [-0.25, -0.2) is 0 Å². The van der Waals surface area contributed by atoms with E-state index in [0.29, 0.717) is 6.41 Å². The molecule has 3 aromatic rings. The second kappa shape index (κ2) is 4.42. The lowest BCUT2D eigenvalue weighted by Gasteiger charge is -2.08. The number of carbonyl (C=O) groups excluding carboxylic acids is 1.